The lowest BCUT2D eigenvalue weighted by Gasteiger charge is -2.25. The average Bonchev–Trinajstić information content (AvgIpc) is 2.27. The molecule has 1 aliphatic carbocycles. The molecule has 0 aromatic carbocycles. The fraction of sp³-hybridized carbons (Fsp3) is 0.583. The van der Waals surface area contributed by atoms with Gasteiger partial charge in [0.05, 0.1) is 17.1 Å². The highest BCUT2D eigenvalue weighted by Crippen LogP contribution is 2.27. The first-order chi connectivity index (χ1) is 8.69. The summed E-state index contributed by atoms with van der Waals surface area (Å²) in [5, 5.41) is 17.0. The summed E-state index contributed by atoms with van der Waals surface area (Å²) in [6.45, 7) is 3.47. The molecule has 1 aromatic rings. The molecule has 18 heavy (non-hydrogen) atoms. The smallest absolute Gasteiger partial charge is 0.276 e. The summed E-state index contributed by atoms with van der Waals surface area (Å²) >= 11 is 0. The van der Waals surface area contributed by atoms with Gasteiger partial charge >= 0.3 is 0 Å². The topological polar surface area (TPSA) is 80.1 Å². The Morgan fingerprint density at radius 2 is 2.06 bits per heavy atom. The van der Waals surface area contributed by atoms with E-state index < -0.39 is 4.92 Å². The monoisotopic (exact) mass is 250 g/mol. The van der Waals surface area contributed by atoms with E-state index in [9.17, 15) is 10.1 Å². The van der Waals surface area contributed by atoms with Crippen LogP contribution in [0, 0.1) is 16.0 Å². The molecule has 2 rings (SSSR count). The van der Waals surface area contributed by atoms with E-state index in [0.717, 1.165) is 6.54 Å². The molecule has 0 unspecified atom stereocenters. The van der Waals surface area contributed by atoms with E-state index in [2.05, 4.69) is 15.6 Å². The summed E-state index contributed by atoms with van der Waals surface area (Å²) in [5.74, 6) is 1.81. The number of nitrogens with zero attached hydrogens (tertiary/aromatic N) is 2. The van der Waals surface area contributed by atoms with Gasteiger partial charge in [0.2, 0.25) is 0 Å². The molecule has 0 aliphatic heterocycles. The quantitative estimate of drug-likeness (QED) is 0.599. The highest BCUT2D eigenvalue weighted by atomic mass is 16.6. The van der Waals surface area contributed by atoms with Crippen LogP contribution in [0.2, 0.25) is 0 Å². The van der Waals surface area contributed by atoms with Crippen molar-refractivity contribution in [1.82, 2.24) is 4.98 Å². The maximum absolute atomic E-state index is 10.8. The molecule has 1 saturated carbocycles. The van der Waals surface area contributed by atoms with Gasteiger partial charge in [-0.2, -0.15) is 0 Å². The number of pyridine rings is 1. The second-order valence-corrected chi connectivity index (χ2v) is 4.56. The van der Waals surface area contributed by atoms with E-state index in [0.29, 0.717) is 24.1 Å². The second kappa shape index (κ2) is 5.66. The molecule has 6 heteroatoms. The van der Waals surface area contributed by atoms with E-state index >= 15 is 0 Å². The summed E-state index contributed by atoms with van der Waals surface area (Å²) < 4.78 is 0. The number of hydrogen-bond donors (Lipinski definition) is 2. The Kier molecular flexibility index (Phi) is 3.96. The predicted molar refractivity (Wildman–Crippen MR) is 70.9 cm³/mol. The van der Waals surface area contributed by atoms with Crippen molar-refractivity contribution in [1.29, 1.82) is 0 Å². The van der Waals surface area contributed by atoms with Crippen molar-refractivity contribution in [2.75, 3.05) is 23.7 Å². The second-order valence-electron chi connectivity index (χ2n) is 4.56. The number of aromatic nitrogens is 1. The zero-order valence-corrected chi connectivity index (χ0v) is 10.5. The molecule has 6 nitrogen and oxygen atoms in total. The first-order valence-corrected chi connectivity index (χ1v) is 6.33. The fourth-order valence-corrected chi connectivity index (χ4v) is 1.93. The minimum atomic E-state index is -0.392. The van der Waals surface area contributed by atoms with Crippen molar-refractivity contribution in [3.63, 3.8) is 0 Å². The van der Waals surface area contributed by atoms with Gasteiger partial charge in [0.1, 0.15) is 11.6 Å². The molecule has 1 aliphatic rings. The molecular formula is C12H18N4O2. The molecule has 0 spiro atoms. The molecule has 0 saturated heterocycles. The third kappa shape index (κ3) is 3.09. The van der Waals surface area contributed by atoms with E-state index in [1.54, 1.807) is 0 Å². The van der Waals surface area contributed by atoms with Gasteiger partial charge in [-0.3, -0.25) is 10.1 Å². The van der Waals surface area contributed by atoms with Crippen molar-refractivity contribution >= 4 is 17.3 Å². The summed E-state index contributed by atoms with van der Waals surface area (Å²) in [5.41, 5.74) is 0.0667. The van der Waals surface area contributed by atoms with Crippen LogP contribution in [-0.4, -0.2) is 23.0 Å². The van der Waals surface area contributed by atoms with Gasteiger partial charge in [-0.25, -0.2) is 4.98 Å². The molecule has 0 atom stereocenters. The molecule has 1 fully saturated rings. The number of hydrogen-bond acceptors (Lipinski definition) is 5. The van der Waals surface area contributed by atoms with E-state index in [1.807, 2.05) is 6.92 Å². The standard InChI is InChI=1S/C12H18N4O2/c1-2-13-11-6-10(16(17)18)7-12(15-11)14-8-9-4-3-5-9/h6-7,9H,2-5,8H2,1H3,(H2,13,14,15). The summed E-state index contributed by atoms with van der Waals surface area (Å²) in [4.78, 5) is 14.8. The van der Waals surface area contributed by atoms with Gasteiger partial charge in [0.15, 0.2) is 0 Å². The highest BCUT2D eigenvalue weighted by molar-refractivity contribution is 5.54. The van der Waals surface area contributed by atoms with Crippen LogP contribution in [0.5, 0.6) is 0 Å². The zero-order valence-electron chi connectivity index (χ0n) is 10.5. The fourth-order valence-electron chi connectivity index (χ4n) is 1.93. The molecule has 2 N–H and O–H groups in total. The van der Waals surface area contributed by atoms with Gasteiger partial charge in [-0.15, -0.1) is 0 Å². The molecular weight excluding hydrogens is 232 g/mol. The Balaban J connectivity index is 2.08. The van der Waals surface area contributed by atoms with Gasteiger partial charge in [0, 0.05) is 13.1 Å². The number of nitro groups is 1. The van der Waals surface area contributed by atoms with Crippen LogP contribution in [0.4, 0.5) is 17.3 Å². The Morgan fingerprint density at radius 1 is 1.39 bits per heavy atom. The van der Waals surface area contributed by atoms with Crippen LogP contribution in [0.3, 0.4) is 0 Å². The third-order valence-corrected chi connectivity index (χ3v) is 3.18. The number of rotatable bonds is 6. The van der Waals surface area contributed by atoms with Crippen LogP contribution in [0.1, 0.15) is 26.2 Å². The summed E-state index contributed by atoms with van der Waals surface area (Å²) in [7, 11) is 0. The zero-order chi connectivity index (χ0) is 13.0. The minimum Gasteiger partial charge on any atom is -0.370 e. The molecule has 0 bridgehead atoms. The van der Waals surface area contributed by atoms with Crippen LogP contribution in [0.15, 0.2) is 12.1 Å². The maximum Gasteiger partial charge on any atom is 0.276 e. The molecule has 1 aromatic heterocycles. The van der Waals surface area contributed by atoms with Crippen molar-refractivity contribution in [2.45, 2.75) is 26.2 Å². The first-order valence-electron chi connectivity index (χ1n) is 6.33. The van der Waals surface area contributed by atoms with Gasteiger partial charge in [-0.05, 0) is 25.7 Å². The van der Waals surface area contributed by atoms with Crippen LogP contribution in [0.25, 0.3) is 0 Å². The van der Waals surface area contributed by atoms with E-state index in [1.165, 1.54) is 31.4 Å². The van der Waals surface area contributed by atoms with Crippen LogP contribution < -0.4 is 10.6 Å². The molecule has 1 heterocycles. The average molecular weight is 250 g/mol. The van der Waals surface area contributed by atoms with Gasteiger partial charge in [-0.1, -0.05) is 6.42 Å². The Morgan fingerprint density at radius 3 is 2.56 bits per heavy atom. The highest BCUT2D eigenvalue weighted by Gasteiger charge is 2.18. The lowest BCUT2D eigenvalue weighted by atomic mass is 9.85. The first kappa shape index (κ1) is 12.6. The van der Waals surface area contributed by atoms with Crippen molar-refractivity contribution < 1.29 is 4.92 Å². The minimum absolute atomic E-state index is 0.0667. The number of anilines is 2. The number of nitrogens with one attached hydrogen (secondary N) is 2. The largest absolute Gasteiger partial charge is 0.370 e. The van der Waals surface area contributed by atoms with Gasteiger partial charge < -0.3 is 10.6 Å². The van der Waals surface area contributed by atoms with Crippen molar-refractivity contribution in [2.24, 2.45) is 5.92 Å². The van der Waals surface area contributed by atoms with Crippen molar-refractivity contribution in [3.05, 3.63) is 22.2 Å². The van der Waals surface area contributed by atoms with Crippen LogP contribution >= 0.6 is 0 Å². The lowest BCUT2D eigenvalue weighted by molar-refractivity contribution is -0.384. The lowest BCUT2D eigenvalue weighted by Crippen LogP contribution is -2.21. The summed E-state index contributed by atoms with van der Waals surface area (Å²) in [6.07, 6.45) is 3.77. The Labute approximate surface area is 106 Å². The van der Waals surface area contributed by atoms with Crippen molar-refractivity contribution in [3.8, 4) is 0 Å². The normalized spacial score (nSPS) is 14.9. The Bertz CT molecular complexity index is 432. The van der Waals surface area contributed by atoms with E-state index in [-0.39, 0.29) is 5.69 Å². The molecule has 0 amide bonds. The maximum atomic E-state index is 10.8. The molecule has 0 radical (unpaired) electrons. The SMILES string of the molecule is CCNc1cc([N+](=O)[O-])cc(NCC2CCC2)n1. The Hall–Kier alpha value is -1.85. The third-order valence-electron chi connectivity index (χ3n) is 3.18. The van der Waals surface area contributed by atoms with Crippen LogP contribution in [-0.2, 0) is 0 Å². The van der Waals surface area contributed by atoms with Gasteiger partial charge in [0.25, 0.3) is 5.69 Å². The van der Waals surface area contributed by atoms with E-state index in [4.69, 9.17) is 0 Å². The summed E-state index contributed by atoms with van der Waals surface area (Å²) in [6, 6.07) is 2.94. The molecule has 98 valence electrons. The predicted octanol–water partition coefficient (Wildman–Crippen LogP) is 2.63.